The molecule has 4 atom stereocenters. The molecule has 0 amide bonds. The minimum Gasteiger partial charge on any atom is -0.497 e. The van der Waals surface area contributed by atoms with Gasteiger partial charge in [-0.25, -0.2) is 4.79 Å². The fourth-order valence-electron chi connectivity index (χ4n) is 5.01. The van der Waals surface area contributed by atoms with Crippen LogP contribution in [0.5, 0.6) is 11.5 Å². The summed E-state index contributed by atoms with van der Waals surface area (Å²) in [6, 6.07) is 25.7. The molecule has 10 heteroatoms. The summed E-state index contributed by atoms with van der Waals surface area (Å²) in [6.45, 7) is -0.153. The van der Waals surface area contributed by atoms with E-state index in [9.17, 15) is 19.8 Å². The molecule has 4 aromatic rings. The molecule has 40 heavy (non-hydrogen) atoms. The summed E-state index contributed by atoms with van der Waals surface area (Å²) in [5.74, 6) is 1.35. The Kier molecular flexibility index (Phi) is 7.85. The van der Waals surface area contributed by atoms with Gasteiger partial charge in [0.15, 0.2) is 6.23 Å². The van der Waals surface area contributed by atoms with Crippen molar-refractivity contribution in [1.82, 2.24) is 9.55 Å². The molecular weight excluding hydrogens is 524 g/mol. The third-order valence-electron chi connectivity index (χ3n) is 7.10. The Hall–Kier alpha value is -4.22. The first-order valence-corrected chi connectivity index (χ1v) is 12.7. The van der Waals surface area contributed by atoms with Gasteiger partial charge in [0.2, 0.25) is 0 Å². The summed E-state index contributed by atoms with van der Waals surface area (Å²) in [4.78, 5) is 26.0. The smallest absolute Gasteiger partial charge is 0.330 e. The lowest BCUT2D eigenvalue weighted by atomic mass is 9.80. The monoisotopic (exact) mass is 554 g/mol. The Morgan fingerprint density at radius 2 is 1.35 bits per heavy atom. The van der Waals surface area contributed by atoms with Gasteiger partial charge in [-0.05, 0) is 41.0 Å². The predicted molar refractivity (Wildman–Crippen MR) is 146 cm³/mol. The average Bonchev–Trinajstić information content (AvgIpc) is 3.27. The molecule has 3 aromatic carbocycles. The minimum absolute atomic E-state index is 0.153. The molecule has 0 saturated carbocycles. The maximum atomic E-state index is 12.3. The highest BCUT2D eigenvalue weighted by atomic mass is 16.8. The molecule has 3 N–H and O–H groups in total. The molecule has 0 spiro atoms. The number of aliphatic hydroxyl groups excluding tert-OH is 2. The van der Waals surface area contributed by atoms with Crippen molar-refractivity contribution in [2.45, 2.75) is 30.1 Å². The quantitative estimate of drug-likeness (QED) is 0.212. The average molecular weight is 555 g/mol. The number of rotatable bonds is 9. The van der Waals surface area contributed by atoms with E-state index in [2.05, 4.69) is 4.98 Å². The van der Waals surface area contributed by atoms with E-state index in [1.54, 1.807) is 14.2 Å². The van der Waals surface area contributed by atoms with Crippen molar-refractivity contribution in [3.05, 3.63) is 129 Å². The molecule has 0 bridgehead atoms. The first-order chi connectivity index (χ1) is 19.4. The fraction of sp³-hybridized carbons (Fsp3) is 0.267. The van der Waals surface area contributed by atoms with Gasteiger partial charge in [-0.1, -0.05) is 54.6 Å². The lowest BCUT2D eigenvalue weighted by molar-refractivity contribution is -0.0958. The van der Waals surface area contributed by atoms with E-state index in [1.807, 2.05) is 78.9 Å². The number of aromatic nitrogens is 2. The number of H-pyrrole nitrogens is 1. The molecule has 0 radical (unpaired) electrons. The number of methoxy groups -OCH3 is 2. The lowest BCUT2D eigenvalue weighted by Crippen LogP contribution is -2.40. The van der Waals surface area contributed by atoms with Crippen molar-refractivity contribution in [3.63, 3.8) is 0 Å². The van der Waals surface area contributed by atoms with Crippen molar-refractivity contribution >= 4 is 0 Å². The molecule has 1 aromatic heterocycles. The number of hydrogen-bond acceptors (Lipinski definition) is 8. The van der Waals surface area contributed by atoms with Crippen LogP contribution in [-0.4, -0.2) is 58.9 Å². The van der Waals surface area contributed by atoms with Gasteiger partial charge in [0.1, 0.15) is 35.4 Å². The van der Waals surface area contributed by atoms with E-state index in [4.69, 9.17) is 18.9 Å². The molecule has 0 unspecified atom stereocenters. The van der Waals surface area contributed by atoms with Crippen LogP contribution < -0.4 is 20.7 Å². The standard InChI is InChI=1S/C30H30N2O8/c1-37-22-12-8-20(9-13-22)30(19-6-4-3-5-7-19,21-10-14-23(38-2)15-11-21)39-18-24-26(34)27(35)28(40-24)32-17-16-25(33)31-29(32)36/h3-17,24,26-28,34-35H,18H2,1-2H3,(H,31,33,36)/t24-,26-,27-,28-/m1/s1/i17+1,18+1,24+1,26+1,27+1,28+1,31+1,32+1. The maximum Gasteiger partial charge on any atom is 0.330 e. The molecule has 1 saturated heterocycles. The number of benzene rings is 3. The van der Waals surface area contributed by atoms with Crippen LogP contribution >= 0.6 is 0 Å². The van der Waals surface area contributed by atoms with Crippen LogP contribution in [0.2, 0.25) is 0 Å². The molecule has 208 valence electrons. The van der Waals surface area contributed by atoms with Gasteiger partial charge in [0.25, 0.3) is 5.56 Å². The molecule has 1 aliphatic heterocycles. The number of nitrogens with one attached hydrogen (secondary N) is 1. The third kappa shape index (κ3) is 5.05. The van der Waals surface area contributed by atoms with Gasteiger partial charge in [0, 0.05) is 12.3 Å². The van der Waals surface area contributed by atoms with Crippen LogP contribution in [0.3, 0.4) is 0 Å². The zero-order valence-electron chi connectivity index (χ0n) is 22.0. The number of nitrogens with zero attached hydrogens (tertiary/aromatic N) is 1. The van der Waals surface area contributed by atoms with Crippen LogP contribution in [-0.2, 0) is 15.1 Å². The first-order valence-electron chi connectivity index (χ1n) is 12.7. The van der Waals surface area contributed by atoms with E-state index in [1.165, 1.54) is 6.20 Å². The van der Waals surface area contributed by atoms with Crippen molar-refractivity contribution in [2.24, 2.45) is 0 Å². The molecular formula is C30H30N2O8. The van der Waals surface area contributed by atoms with E-state index in [-0.39, 0.29) is 6.61 Å². The summed E-state index contributed by atoms with van der Waals surface area (Å²) in [5, 5.41) is 21.7. The van der Waals surface area contributed by atoms with E-state index < -0.39 is 41.4 Å². The summed E-state index contributed by atoms with van der Waals surface area (Å²) >= 11 is 0. The Bertz CT molecular complexity index is 1490. The van der Waals surface area contributed by atoms with Gasteiger partial charge in [-0.15, -0.1) is 0 Å². The number of hydrogen-bond donors (Lipinski definition) is 3. The molecule has 5 rings (SSSR count). The Morgan fingerprint density at radius 1 is 0.800 bits per heavy atom. The topological polar surface area (TPSA) is 132 Å². The van der Waals surface area contributed by atoms with Crippen LogP contribution in [0, 0.1) is 0 Å². The van der Waals surface area contributed by atoms with Gasteiger partial charge in [-0.2, -0.15) is 0 Å². The van der Waals surface area contributed by atoms with Crippen LogP contribution in [0.1, 0.15) is 22.9 Å². The lowest BCUT2D eigenvalue weighted by Gasteiger charge is -2.37. The Balaban J connectivity index is 1.56. The summed E-state index contributed by atoms with van der Waals surface area (Å²) in [5.41, 5.74) is -0.133. The molecule has 1 aliphatic rings. The van der Waals surface area contributed by atoms with E-state index in [0.717, 1.165) is 27.3 Å². The van der Waals surface area contributed by atoms with Gasteiger partial charge in [0.05, 0.1) is 20.8 Å². The normalized spacial score (nSPS) is 20.8. The molecule has 0 aliphatic carbocycles. The molecule has 1 fully saturated rings. The Morgan fingerprint density at radius 3 is 1.88 bits per heavy atom. The zero-order chi connectivity index (χ0) is 28.3. The second-order valence-electron chi connectivity index (χ2n) is 9.38. The highest BCUT2D eigenvalue weighted by molar-refractivity contribution is 5.49. The van der Waals surface area contributed by atoms with Crippen LogP contribution in [0.15, 0.2) is 101 Å². The largest absolute Gasteiger partial charge is 0.497 e. The molecule has 10 nitrogen and oxygen atoms in total. The van der Waals surface area contributed by atoms with Crippen molar-refractivity contribution in [3.8, 4) is 11.5 Å². The number of aromatic amines is 1. The van der Waals surface area contributed by atoms with Gasteiger partial charge in [-0.3, -0.25) is 14.3 Å². The van der Waals surface area contributed by atoms with Crippen molar-refractivity contribution < 1.29 is 29.2 Å². The number of aliphatic hydroxyl groups is 2. The molecule has 2 heterocycles. The van der Waals surface area contributed by atoms with E-state index in [0.29, 0.717) is 11.5 Å². The third-order valence-corrected chi connectivity index (χ3v) is 7.10. The predicted octanol–water partition coefficient (Wildman–Crippen LogP) is 2.18. The summed E-state index contributed by atoms with van der Waals surface area (Å²) in [7, 11) is 3.18. The minimum atomic E-state index is -1.44. The van der Waals surface area contributed by atoms with Gasteiger partial charge >= 0.3 is 5.69 Å². The second-order valence-corrected chi connectivity index (χ2v) is 9.38. The summed E-state index contributed by atoms with van der Waals surface area (Å²) < 4.78 is 24.5. The maximum absolute atomic E-state index is 12.3. The highest BCUT2D eigenvalue weighted by Gasteiger charge is 2.46. The van der Waals surface area contributed by atoms with Crippen LogP contribution in [0.4, 0.5) is 0 Å². The summed E-state index contributed by atoms with van der Waals surface area (Å²) in [6.07, 6.45) is -3.82. The van der Waals surface area contributed by atoms with E-state index >= 15 is 0 Å². The Labute approximate surface area is 230 Å². The van der Waals surface area contributed by atoms with Crippen LogP contribution in [0.25, 0.3) is 0 Å². The van der Waals surface area contributed by atoms with Crippen molar-refractivity contribution in [2.75, 3.05) is 20.8 Å². The van der Waals surface area contributed by atoms with Crippen molar-refractivity contribution in [1.29, 1.82) is 0 Å². The first kappa shape index (κ1) is 27.4. The van der Waals surface area contributed by atoms with Gasteiger partial charge < -0.3 is 29.2 Å². The SMILES string of the molecule is COc1ccc(C(O[13CH2][13C@H]2O[13C@@H]([15n]3[13cH]cc(=O)[15nH]c3=O)[13C@H](O)[13C@@H]2O)(c2ccccc2)c2ccc(OC)cc2)cc1. The highest BCUT2D eigenvalue weighted by Crippen LogP contribution is 2.42. The zero-order valence-corrected chi connectivity index (χ0v) is 22.0. The fourth-order valence-corrected chi connectivity index (χ4v) is 5.01. The number of ether oxygens (including phenoxy) is 4. The second kappa shape index (κ2) is 11.5.